The molecule has 5 nitrogen and oxygen atoms in total. The van der Waals surface area contributed by atoms with Gasteiger partial charge in [0.2, 0.25) is 11.8 Å². The number of thiazole rings is 1. The molecule has 0 bridgehead atoms. The fourth-order valence-electron chi connectivity index (χ4n) is 2.60. The number of rotatable bonds is 4. The Morgan fingerprint density at radius 2 is 2.19 bits per heavy atom. The molecule has 0 spiro atoms. The Labute approximate surface area is 133 Å². The second kappa shape index (κ2) is 7.22. The second-order valence-corrected chi connectivity index (χ2v) is 6.91. The number of alkyl halides is 1. The fourth-order valence-corrected chi connectivity index (χ4v) is 3.31. The smallest absolute Gasteiger partial charge is 0.240 e. The van der Waals surface area contributed by atoms with Gasteiger partial charge in [-0.2, -0.15) is 0 Å². The van der Waals surface area contributed by atoms with Crippen molar-refractivity contribution in [3.05, 3.63) is 16.6 Å². The average molecular weight is 330 g/mol. The van der Waals surface area contributed by atoms with Gasteiger partial charge in [0, 0.05) is 37.1 Å². The van der Waals surface area contributed by atoms with E-state index in [-0.39, 0.29) is 17.9 Å². The van der Waals surface area contributed by atoms with Gasteiger partial charge in [-0.05, 0) is 19.8 Å². The van der Waals surface area contributed by atoms with Gasteiger partial charge >= 0.3 is 0 Å². The van der Waals surface area contributed by atoms with E-state index in [1.54, 1.807) is 25.6 Å². The summed E-state index contributed by atoms with van der Waals surface area (Å²) >= 11 is 7.53. The van der Waals surface area contributed by atoms with Crippen LogP contribution in [0.2, 0.25) is 0 Å². The topological polar surface area (TPSA) is 53.5 Å². The van der Waals surface area contributed by atoms with Crippen molar-refractivity contribution in [1.82, 2.24) is 14.8 Å². The van der Waals surface area contributed by atoms with Crippen molar-refractivity contribution < 1.29 is 9.59 Å². The Balaban J connectivity index is 2.05. The molecule has 116 valence electrons. The molecule has 7 heteroatoms. The highest BCUT2D eigenvalue weighted by Gasteiger charge is 2.30. The molecule has 2 amide bonds. The number of carbonyl (C=O) groups excluding carboxylic acids is 2. The van der Waals surface area contributed by atoms with Crippen molar-refractivity contribution in [2.24, 2.45) is 0 Å². The monoisotopic (exact) mass is 329 g/mol. The van der Waals surface area contributed by atoms with E-state index in [4.69, 9.17) is 11.6 Å². The SMILES string of the molecule is CC(=O)N1CCC(N(Cc2cncs2)C(=O)C(C)Cl)CC1. The minimum Gasteiger partial charge on any atom is -0.343 e. The molecule has 0 saturated carbocycles. The predicted octanol–water partition coefficient (Wildman–Crippen LogP) is 2.11. The lowest BCUT2D eigenvalue weighted by Gasteiger charge is -2.38. The molecule has 1 atom stereocenters. The first-order valence-corrected chi connectivity index (χ1v) is 8.38. The Morgan fingerprint density at radius 3 is 2.67 bits per heavy atom. The van der Waals surface area contributed by atoms with Gasteiger partial charge < -0.3 is 9.80 Å². The van der Waals surface area contributed by atoms with E-state index in [1.165, 1.54) is 11.3 Å². The molecule has 0 N–H and O–H groups in total. The number of hydrogen-bond acceptors (Lipinski definition) is 4. The van der Waals surface area contributed by atoms with Crippen molar-refractivity contribution in [1.29, 1.82) is 0 Å². The molecule has 0 aromatic carbocycles. The van der Waals surface area contributed by atoms with Crippen LogP contribution < -0.4 is 0 Å². The van der Waals surface area contributed by atoms with E-state index < -0.39 is 5.38 Å². The number of likely N-dealkylation sites (tertiary alicyclic amines) is 1. The summed E-state index contributed by atoms with van der Waals surface area (Å²) in [6.07, 6.45) is 3.38. The normalized spacial score (nSPS) is 17.6. The zero-order chi connectivity index (χ0) is 15.4. The Bertz CT molecular complexity index is 484. The summed E-state index contributed by atoms with van der Waals surface area (Å²) in [6.45, 7) is 5.23. The quantitative estimate of drug-likeness (QED) is 0.795. The van der Waals surface area contributed by atoms with Crippen molar-refractivity contribution in [3.63, 3.8) is 0 Å². The lowest BCUT2D eigenvalue weighted by molar-refractivity contribution is -0.136. The molecule has 1 aromatic heterocycles. The highest BCUT2D eigenvalue weighted by atomic mass is 35.5. The molecule has 2 heterocycles. The summed E-state index contributed by atoms with van der Waals surface area (Å²) in [5, 5.41) is -0.538. The molecule has 2 rings (SSSR count). The number of piperidine rings is 1. The standard InChI is InChI=1S/C14H20ClN3O2S/c1-10(15)14(20)18(8-13-7-16-9-21-13)12-3-5-17(6-4-12)11(2)19/h7,9-10,12H,3-6,8H2,1-2H3. The van der Waals surface area contributed by atoms with E-state index in [0.29, 0.717) is 19.6 Å². The van der Waals surface area contributed by atoms with Crippen LogP contribution in [0, 0.1) is 0 Å². The molecule has 1 aliphatic rings. The summed E-state index contributed by atoms with van der Waals surface area (Å²) in [4.78, 5) is 32.6. The maximum absolute atomic E-state index is 12.4. The van der Waals surface area contributed by atoms with Gasteiger partial charge in [-0.3, -0.25) is 14.6 Å². The minimum absolute atomic E-state index is 0.0497. The largest absolute Gasteiger partial charge is 0.343 e. The first-order chi connectivity index (χ1) is 9.99. The Kier molecular flexibility index (Phi) is 5.58. The third-order valence-corrected chi connectivity index (χ3v) is 4.73. The lowest BCUT2D eigenvalue weighted by Crippen LogP contribution is -2.49. The predicted molar refractivity (Wildman–Crippen MR) is 83.3 cm³/mol. The molecular formula is C14H20ClN3O2S. The third kappa shape index (κ3) is 4.17. The second-order valence-electron chi connectivity index (χ2n) is 5.29. The maximum Gasteiger partial charge on any atom is 0.240 e. The van der Waals surface area contributed by atoms with E-state index >= 15 is 0 Å². The molecular weight excluding hydrogens is 310 g/mol. The van der Waals surface area contributed by atoms with E-state index in [1.807, 2.05) is 9.80 Å². The van der Waals surface area contributed by atoms with Crippen molar-refractivity contribution in [3.8, 4) is 0 Å². The van der Waals surface area contributed by atoms with E-state index in [9.17, 15) is 9.59 Å². The van der Waals surface area contributed by atoms with E-state index in [0.717, 1.165) is 17.7 Å². The van der Waals surface area contributed by atoms with Crippen LogP contribution in [0.15, 0.2) is 11.7 Å². The van der Waals surface area contributed by atoms with Crippen LogP contribution in [0.5, 0.6) is 0 Å². The number of nitrogens with zero attached hydrogens (tertiary/aromatic N) is 3. The molecule has 1 fully saturated rings. The molecule has 1 saturated heterocycles. The number of amides is 2. The summed E-state index contributed by atoms with van der Waals surface area (Å²) in [5.74, 6) is 0.0471. The van der Waals surface area contributed by atoms with Gasteiger partial charge in [0.15, 0.2) is 0 Å². The van der Waals surface area contributed by atoms with Gasteiger partial charge in [-0.25, -0.2) is 0 Å². The van der Waals surface area contributed by atoms with Crippen LogP contribution in [0.1, 0.15) is 31.6 Å². The van der Waals surface area contributed by atoms with E-state index in [2.05, 4.69) is 4.98 Å². The van der Waals surface area contributed by atoms with Gasteiger partial charge in [-0.15, -0.1) is 22.9 Å². The summed E-state index contributed by atoms with van der Waals surface area (Å²) < 4.78 is 0. The Morgan fingerprint density at radius 1 is 1.52 bits per heavy atom. The first kappa shape index (κ1) is 16.2. The average Bonchev–Trinajstić information content (AvgIpc) is 2.97. The molecule has 21 heavy (non-hydrogen) atoms. The highest BCUT2D eigenvalue weighted by Crippen LogP contribution is 2.22. The van der Waals surface area contributed by atoms with Crippen LogP contribution in [0.25, 0.3) is 0 Å². The molecule has 0 radical (unpaired) electrons. The molecule has 1 aliphatic heterocycles. The number of halogens is 1. The molecule has 1 unspecified atom stereocenters. The summed E-state index contributed by atoms with van der Waals surface area (Å²) in [5.41, 5.74) is 1.76. The minimum atomic E-state index is -0.538. The van der Waals surface area contributed by atoms with Crippen molar-refractivity contribution >= 4 is 34.8 Å². The zero-order valence-electron chi connectivity index (χ0n) is 12.3. The number of aromatic nitrogens is 1. The third-order valence-electron chi connectivity index (χ3n) is 3.78. The van der Waals surface area contributed by atoms with Crippen molar-refractivity contribution in [2.75, 3.05) is 13.1 Å². The lowest BCUT2D eigenvalue weighted by atomic mass is 10.0. The number of carbonyl (C=O) groups is 2. The first-order valence-electron chi connectivity index (χ1n) is 7.06. The van der Waals surface area contributed by atoms with Gasteiger partial charge in [-0.1, -0.05) is 0 Å². The van der Waals surface area contributed by atoms with Crippen molar-refractivity contribution in [2.45, 2.75) is 44.7 Å². The van der Waals surface area contributed by atoms with Gasteiger partial charge in [0.25, 0.3) is 0 Å². The fraction of sp³-hybridized carbons (Fsp3) is 0.643. The van der Waals surface area contributed by atoms with Crippen LogP contribution in [0.4, 0.5) is 0 Å². The number of hydrogen-bond donors (Lipinski definition) is 0. The van der Waals surface area contributed by atoms with Crippen LogP contribution >= 0.6 is 22.9 Å². The van der Waals surface area contributed by atoms with Gasteiger partial charge in [0.05, 0.1) is 12.1 Å². The van der Waals surface area contributed by atoms with Gasteiger partial charge in [0.1, 0.15) is 5.38 Å². The van der Waals surface area contributed by atoms with Crippen LogP contribution in [-0.2, 0) is 16.1 Å². The maximum atomic E-state index is 12.4. The highest BCUT2D eigenvalue weighted by molar-refractivity contribution is 7.09. The van der Waals surface area contributed by atoms with Crippen LogP contribution in [0.3, 0.4) is 0 Å². The summed E-state index contributed by atoms with van der Waals surface area (Å²) in [6, 6.07) is 0.136. The Hall–Kier alpha value is -1.14. The molecule has 1 aromatic rings. The van der Waals surface area contributed by atoms with Crippen LogP contribution in [-0.4, -0.2) is 51.1 Å². The molecule has 0 aliphatic carbocycles. The summed E-state index contributed by atoms with van der Waals surface area (Å²) in [7, 11) is 0. The zero-order valence-corrected chi connectivity index (χ0v) is 13.9.